The van der Waals surface area contributed by atoms with Crippen LogP contribution in [0.2, 0.25) is 0 Å². The normalized spacial score (nSPS) is 11.2. The zero-order valence-electron chi connectivity index (χ0n) is 18.8. The van der Waals surface area contributed by atoms with Crippen LogP contribution in [0, 0.1) is 0 Å². The van der Waals surface area contributed by atoms with Gasteiger partial charge >= 0.3 is 0 Å². The number of sulfonamides is 1. The monoisotopic (exact) mass is 473 g/mol. The Kier molecular flexibility index (Phi) is 8.07. The van der Waals surface area contributed by atoms with Crippen LogP contribution in [-0.2, 0) is 16.6 Å². The lowest BCUT2D eigenvalue weighted by Crippen LogP contribution is -2.32. The maximum absolute atomic E-state index is 12.9. The molecule has 1 N–H and O–H groups in total. The molecule has 0 unspecified atom stereocenters. The van der Waals surface area contributed by atoms with Crippen LogP contribution < -0.4 is 24.5 Å². The third-order valence-electron chi connectivity index (χ3n) is 4.68. The Bertz CT molecular complexity index is 1240. The van der Waals surface area contributed by atoms with Gasteiger partial charge in [0.15, 0.2) is 0 Å². The molecule has 0 spiro atoms. The predicted molar refractivity (Wildman–Crippen MR) is 124 cm³/mol. The number of ether oxygens (including phenoxy) is 3. The van der Waals surface area contributed by atoms with Crippen LogP contribution in [-0.4, -0.2) is 45.1 Å². The topological polar surface area (TPSA) is 109 Å². The van der Waals surface area contributed by atoms with Crippen molar-refractivity contribution >= 4 is 10.0 Å². The highest BCUT2D eigenvalue weighted by Crippen LogP contribution is 2.28. The molecule has 33 heavy (non-hydrogen) atoms. The number of benzene rings is 2. The minimum Gasteiger partial charge on any atom is -0.497 e. The van der Waals surface area contributed by atoms with Crippen LogP contribution in [0.15, 0.2) is 64.3 Å². The Hall–Kier alpha value is -3.37. The lowest BCUT2D eigenvalue weighted by molar-refractivity contribution is 0.322. The molecule has 10 heteroatoms. The minimum absolute atomic E-state index is 0.0254. The van der Waals surface area contributed by atoms with Crippen LogP contribution in [0.3, 0.4) is 0 Å². The molecule has 0 radical (unpaired) electrons. The van der Waals surface area contributed by atoms with Gasteiger partial charge in [-0.25, -0.2) is 17.8 Å². The Morgan fingerprint density at radius 2 is 1.64 bits per heavy atom. The van der Waals surface area contributed by atoms with Gasteiger partial charge in [-0.05, 0) is 56.3 Å². The van der Waals surface area contributed by atoms with Gasteiger partial charge in [0.2, 0.25) is 10.0 Å². The lowest BCUT2D eigenvalue weighted by atomic mass is 10.1. The fraction of sp³-hybridized carbons (Fsp3) is 0.304. The average Bonchev–Trinajstić information content (AvgIpc) is 2.81. The van der Waals surface area contributed by atoms with Gasteiger partial charge in [-0.15, -0.1) is 0 Å². The molecule has 0 fully saturated rings. The summed E-state index contributed by atoms with van der Waals surface area (Å²) in [5, 5.41) is 4.36. The number of nitrogens with zero attached hydrogens (tertiary/aromatic N) is 2. The zero-order valence-corrected chi connectivity index (χ0v) is 19.6. The van der Waals surface area contributed by atoms with Crippen molar-refractivity contribution in [1.29, 1.82) is 0 Å². The van der Waals surface area contributed by atoms with Crippen molar-refractivity contribution in [2.24, 2.45) is 0 Å². The fourth-order valence-corrected chi connectivity index (χ4v) is 4.30. The summed E-state index contributed by atoms with van der Waals surface area (Å²) in [5.41, 5.74) is 1.06. The number of hydrogen-bond donors (Lipinski definition) is 1. The highest BCUT2D eigenvalue weighted by atomic mass is 32.2. The fourth-order valence-electron chi connectivity index (χ4n) is 3.12. The van der Waals surface area contributed by atoms with E-state index in [-0.39, 0.29) is 29.3 Å². The van der Waals surface area contributed by atoms with Crippen molar-refractivity contribution in [1.82, 2.24) is 14.5 Å². The number of nitrogens with one attached hydrogen (secondary N) is 1. The Labute approximate surface area is 193 Å². The Morgan fingerprint density at radius 1 is 0.939 bits per heavy atom. The Balaban J connectivity index is 1.76. The molecule has 2 aromatic carbocycles. The molecule has 0 bridgehead atoms. The van der Waals surface area contributed by atoms with E-state index in [2.05, 4.69) is 9.82 Å². The predicted octanol–water partition coefficient (Wildman–Crippen LogP) is 2.69. The van der Waals surface area contributed by atoms with Crippen LogP contribution in [0.25, 0.3) is 11.3 Å². The van der Waals surface area contributed by atoms with E-state index >= 15 is 0 Å². The summed E-state index contributed by atoms with van der Waals surface area (Å²) in [4.78, 5) is 12.2. The molecular formula is C23H27N3O6S. The van der Waals surface area contributed by atoms with Crippen molar-refractivity contribution in [2.45, 2.75) is 25.3 Å². The first-order valence-electron chi connectivity index (χ1n) is 10.5. The summed E-state index contributed by atoms with van der Waals surface area (Å²) >= 11 is 0. The summed E-state index contributed by atoms with van der Waals surface area (Å²) in [6, 6.07) is 14.9. The van der Waals surface area contributed by atoms with Gasteiger partial charge in [-0.1, -0.05) is 0 Å². The van der Waals surface area contributed by atoms with Crippen molar-refractivity contribution in [3.63, 3.8) is 0 Å². The van der Waals surface area contributed by atoms with Gasteiger partial charge in [0.1, 0.15) is 22.1 Å². The molecule has 0 aliphatic rings. The summed E-state index contributed by atoms with van der Waals surface area (Å²) < 4.78 is 45.7. The molecule has 0 saturated carbocycles. The van der Waals surface area contributed by atoms with Crippen molar-refractivity contribution in [2.75, 3.05) is 26.9 Å². The Morgan fingerprint density at radius 3 is 2.30 bits per heavy atom. The quantitative estimate of drug-likeness (QED) is 0.456. The molecule has 176 valence electrons. The van der Waals surface area contributed by atoms with Crippen molar-refractivity contribution < 1.29 is 22.6 Å². The first kappa shape index (κ1) is 24.3. The van der Waals surface area contributed by atoms with Gasteiger partial charge in [0.05, 0.1) is 32.6 Å². The van der Waals surface area contributed by atoms with Gasteiger partial charge in [0.25, 0.3) is 5.56 Å². The average molecular weight is 474 g/mol. The van der Waals surface area contributed by atoms with E-state index in [0.717, 1.165) is 5.56 Å². The molecule has 9 nitrogen and oxygen atoms in total. The van der Waals surface area contributed by atoms with E-state index in [1.807, 2.05) is 19.1 Å². The van der Waals surface area contributed by atoms with E-state index in [1.54, 1.807) is 44.4 Å². The second-order valence-corrected chi connectivity index (χ2v) is 8.62. The first-order chi connectivity index (χ1) is 15.9. The van der Waals surface area contributed by atoms with Gasteiger partial charge in [0, 0.05) is 24.2 Å². The number of rotatable bonds is 11. The van der Waals surface area contributed by atoms with E-state index < -0.39 is 10.0 Å². The summed E-state index contributed by atoms with van der Waals surface area (Å²) in [7, 11) is -2.34. The van der Waals surface area contributed by atoms with Gasteiger partial charge < -0.3 is 14.2 Å². The van der Waals surface area contributed by atoms with Gasteiger partial charge in [-0.3, -0.25) is 4.79 Å². The molecule has 1 aromatic heterocycles. The maximum Gasteiger partial charge on any atom is 0.266 e. The van der Waals surface area contributed by atoms with Crippen LogP contribution in [0.4, 0.5) is 0 Å². The molecular weight excluding hydrogens is 446 g/mol. The summed E-state index contributed by atoms with van der Waals surface area (Å²) in [6.45, 7) is 4.32. The lowest BCUT2D eigenvalue weighted by Gasteiger charge is -2.14. The minimum atomic E-state index is -3.92. The van der Waals surface area contributed by atoms with E-state index in [4.69, 9.17) is 14.2 Å². The standard InChI is InChI=1S/C23H27N3O6S/c1-4-31-19-10-12-21(32-5-2)22(16-19)33(28,29)24-14-15-26-23(27)13-11-20(25-26)17-6-8-18(30-3)9-7-17/h6-13,16,24H,4-5,14-15H2,1-3H3. The van der Waals surface area contributed by atoms with E-state index in [1.165, 1.54) is 16.8 Å². The highest BCUT2D eigenvalue weighted by Gasteiger charge is 2.21. The SMILES string of the molecule is CCOc1ccc(OCC)c(S(=O)(=O)NCCn2nc(-c3ccc(OC)cc3)ccc2=O)c1. The van der Waals surface area contributed by atoms with Crippen LogP contribution in [0.1, 0.15) is 13.8 Å². The third kappa shape index (κ3) is 6.11. The highest BCUT2D eigenvalue weighted by molar-refractivity contribution is 7.89. The molecule has 0 aliphatic heterocycles. The first-order valence-corrected chi connectivity index (χ1v) is 12.0. The zero-order chi connectivity index (χ0) is 23.8. The third-order valence-corrected chi connectivity index (χ3v) is 6.17. The second kappa shape index (κ2) is 11.0. The van der Waals surface area contributed by atoms with Crippen LogP contribution >= 0.6 is 0 Å². The molecule has 1 heterocycles. The van der Waals surface area contributed by atoms with Gasteiger partial charge in [-0.2, -0.15) is 5.10 Å². The molecule has 0 atom stereocenters. The second-order valence-electron chi connectivity index (χ2n) is 6.88. The number of hydrogen-bond acceptors (Lipinski definition) is 7. The summed E-state index contributed by atoms with van der Waals surface area (Å²) in [6.07, 6.45) is 0. The number of aromatic nitrogens is 2. The largest absolute Gasteiger partial charge is 0.497 e. The molecule has 0 amide bonds. The van der Waals surface area contributed by atoms with Crippen molar-refractivity contribution in [3.05, 3.63) is 65.0 Å². The maximum atomic E-state index is 12.9. The molecule has 3 rings (SSSR count). The smallest absolute Gasteiger partial charge is 0.266 e. The van der Waals surface area contributed by atoms with E-state index in [9.17, 15) is 13.2 Å². The number of methoxy groups -OCH3 is 1. The molecule has 0 saturated heterocycles. The van der Waals surface area contributed by atoms with E-state index in [0.29, 0.717) is 30.4 Å². The summed E-state index contributed by atoms with van der Waals surface area (Å²) in [5.74, 6) is 1.36. The van der Waals surface area contributed by atoms with Crippen molar-refractivity contribution in [3.8, 4) is 28.5 Å². The molecule has 0 aliphatic carbocycles. The van der Waals surface area contributed by atoms with Crippen LogP contribution in [0.5, 0.6) is 17.2 Å². The molecule has 3 aromatic rings.